The number of ether oxygens (including phenoxy) is 2. The summed E-state index contributed by atoms with van der Waals surface area (Å²) in [5, 5.41) is 6.12. The molecule has 1 atom stereocenters. The summed E-state index contributed by atoms with van der Waals surface area (Å²) in [6.07, 6.45) is -0.0134. The molecule has 0 radical (unpaired) electrons. The van der Waals surface area contributed by atoms with Crippen molar-refractivity contribution in [1.29, 1.82) is 0 Å². The molecule has 2 rings (SSSR count). The Kier molecular flexibility index (Phi) is 5.33. The van der Waals surface area contributed by atoms with Crippen LogP contribution in [0.5, 0.6) is 0 Å². The summed E-state index contributed by atoms with van der Waals surface area (Å²) < 4.78 is 11.3. The second kappa shape index (κ2) is 7.02. The van der Waals surface area contributed by atoms with E-state index in [2.05, 4.69) is 10.6 Å². The summed E-state index contributed by atoms with van der Waals surface area (Å²) in [5.41, 5.74) is 1.72. The van der Waals surface area contributed by atoms with Crippen molar-refractivity contribution in [2.24, 2.45) is 0 Å². The van der Waals surface area contributed by atoms with Gasteiger partial charge in [-0.25, -0.2) is 0 Å². The van der Waals surface area contributed by atoms with Crippen molar-refractivity contribution in [1.82, 2.24) is 5.32 Å². The van der Waals surface area contributed by atoms with Crippen LogP contribution >= 0.6 is 0 Å². The Hall–Kier alpha value is -1.43. The first-order chi connectivity index (χ1) is 9.94. The Morgan fingerprint density at radius 1 is 1.52 bits per heavy atom. The van der Waals surface area contributed by atoms with Gasteiger partial charge in [-0.05, 0) is 38.5 Å². The van der Waals surface area contributed by atoms with Gasteiger partial charge in [0.15, 0.2) is 0 Å². The van der Waals surface area contributed by atoms with Crippen LogP contribution in [0.1, 0.15) is 19.4 Å². The number of amides is 1. The van der Waals surface area contributed by atoms with Gasteiger partial charge in [0.05, 0.1) is 18.3 Å². The molecule has 1 unspecified atom stereocenters. The highest BCUT2D eigenvalue weighted by Crippen LogP contribution is 2.15. The SMILES string of the molecule is Cc1cccc(NC(=O)COCC2CNCC(C)(C)O2)c1. The van der Waals surface area contributed by atoms with E-state index < -0.39 is 0 Å². The molecule has 1 heterocycles. The number of hydrogen-bond acceptors (Lipinski definition) is 4. The van der Waals surface area contributed by atoms with E-state index in [1.807, 2.05) is 45.0 Å². The maximum absolute atomic E-state index is 11.8. The van der Waals surface area contributed by atoms with E-state index in [0.29, 0.717) is 6.61 Å². The lowest BCUT2D eigenvalue weighted by Gasteiger charge is -2.36. The zero-order valence-corrected chi connectivity index (χ0v) is 12.9. The van der Waals surface area contributed by atoms with Gasteiger partial charge in [-0.3, -0.25) is 4.79 Å². The molecule has 0 aromatic heterocycles. The summed E-state index contributed by atoms with van der Waals surface area (Å²) in [4.78, 5) is 11.8. The molecule has 1 saturated heterocycles. The molecule has 1 aliphatic rings. The number of hydrogen-bond donors (Lipinski definition) is 2. The molecule has 2 N–H and O–H groups in total. The Bertz CT molecular complexity index is 488. The first kappa shape index (κ1) is 15.9. The number of benzene rings is 1. The molecule has 1 aliphatic heterocycles. The monoisotopic (exact) mass is 292 g/mol. The van der Waals surface area contributed by atoms with Crippen LogP contribution in [0.25, 0.3) is 0 Å². The van der Waals surface area contributed by atoms with Crippen LogP contribution in [0.2, 0.25) is 0 Å². The summed E-state index contributed by atoms with van der Waals surface area (Å²) in [6, 6.07) is 7.69. The summed E-state index contributed by atoms with van der Waals surface area (Å²) in [6.45, 7) is 8.10. The first-order valence-electron chi connectivity index (χ1n) is 7.27. The predicted molar refractivity (Wildman–Crippen MR) is 82.4 cm³/mol. The normalized spacial score (nSPS) is 21.0. The molecule has 0 bridgehead atoms. The van der Waals surface area contributed by atoms with E-state index in [1.54, 1.807) is 0 Å². The highest BCUT2D eigenvalue weighted by Gasteiger charge is 2.28. The third-order valence-electron chi connectivity index (χ3n) is 3.25. The number of anilines is 1. The van der Waals surface area contributed by atoms with Crippen molar-refractivity contribution in [2.75, 3.05) is 31.6 Å². The zero-order valence-electron chi connectivity index (χ0n) is 12.9. The number of carbonyl (C=O) groups excluding carboxylic acids is 1. The van der Waals surface area contributed by atoms with E-state index in [9.17, 15) is 4.79 Å². The fourth-order valence-corrected chi connectivity index (χ4v) is 2.36. The molecule has 1 aromatic carbocycles. The van der Waals surface area contributed by atoms with Crippen molar-refractivity contribution in [3.05, 3.63) is 29.8 Å². The fourth-order valence-electron chi connectivity index (χ4n) is 2.36. The number of aryl methyl sites for hydroxylation is 1. The van der Waals surface area contributed by atoms with E-state index in [-0.39, 0.29) is 24.2 Å². The van der Waals surface area contributed by atoms with E-state index >= 15 is 0 Å². The second-order valence-electron chi connectivity index (χ2n) is 6.06. The Morgan fingerprint density at radius 2 is 2.33 bits per heavy atom. The van der Waals surface area contributed by atoms with Gasteiger partial charge in [-0.1, -0.05) is 12.1 Å². The van der Waals surface area contributed by atoms with Crippen molar-refractivity contribution in [3.8, 4) is 0 Å². The van der Waals surface area contributed by atoms with Crippen LogP contribution in [0.4, 0.5) is 5.69 Å². The molecular formula is C16H24N2O3. The van der Waals surface area contributed by atoms with E-state index in [1.165, 1.54) is 0 Å². The van der Waals surface area contributed by atoms with Gasteiger partial charge < -0.3 is 20.1 Å². The lowest BCUT2D eigenvalue weighted by Crippen LogP contribution is -2.52. The molecule has 5 heteroatoms. The molecule has 0 aliphatic carbocycles. The lowest BCUT2D eigenvalue weighted by molar-refractivity contribution is -0.132. The molecule has 21 heavy (non-hydrogen) atoms. The molecule has 0 saturated carbocycles. The van der Waals surface area contributed by atoms with Gasteiger partial charge in [0, 0.05) is 18.8 Å². The van der Waals surface area contributed by atoms with Crippen LogP contribution in [0.3, 0.4) is 0 Å². The number of morpholine rings is 1. The molecular weight excluding hydrogens is 268 g/mol. The van der Waals surface area contributed by atoms with Crippen LogP contribution in [0, 0.1) is 6.92 Å². The van der Waals surface area contributed by atoms with E-state index in [4.69, 9.17) is 9.47 Å². The number of rotatable bonds is 5. The Labute approximate surface area is 126 Å². The minimum atomic E-state index is -0.184. The maximum Gasteiger partial charge on any atom is 0.250 e. The standard InChI is InChI=1S/C16H24N2O3/c1-12-5-4-6-13(7-12)18-15(19)10-20-9-14-8-17-11-16(2,3)21-14/h4-7,14,17H,8-11H2,1-3H3,(H,18,19). The van der Waals surface area contributed by atoms with Gasteiger partial charge in [0.25, 0.3) is 0 Å². The highest BCUT2D eigenvalue weighted by atomic mass is 16.5. The summed E-state index contributed by atoms with van der Waals surface area (Å²) in [7, 11) is 0. The molecule has 0 spiro atoms. The van der Waals surface area contributed by atoms with Gasteiger partial charge in [0.1, 0.15) is 6.61 Å². The van der Waals surface area contributed by atoms with Gasteiger partial charge in [0.2, 0.25) is 5.91 Å². The fraction of sp³-hybridized carbons (Fsp3) is 0.562. The van der Waals surface area contributed by atoms with Crippen LogP contribution in [-0.2, 0) is 14.3 Å². The maximum atomic E-state index is 11.8. The molecule has 116 valence electrons. The Balaban J connectivity index is 1.70. The topological polar surface area (TPSA) is 59.6 Å². The van der Waals surface area contributed by atoms with Crippen molar-refractivity contribution >= 4 is 11.6 Å². The number of carbonyl (C=O) groups is 1. The lowest BCUT2D eigenvalue weighted by atomic mass is 10.1. The second-order valence-corrected chi connectivity index (χ2v) is 6.06. The van der Waals surface area contributed by atoms with E-state index in [0.717, 1.165) is 24.3 Å². The minimum absolute atomic E-state index is 0.0134. The molecule has 1 aromatic rings. The van der Waals surface area contributed by atoms with Crippen LogP contribution < -0.4 is 10.6 Å². The molecule has 1 fully saturated rings. The largest absolute Gasteiger partial charge is 0.369 e. The smallest absolute Gasteiger partial charge is 0.250 e. The quantitative estimate of drug-likeness (QED) is 0.867. The van der Waals surface area contributed by atoms with Crippen molar-refractivity contribution in [3.63, 3.8) is 0 Å². The van der Waals surface area contributed by atoms with Crippen LogP contribution in [-0.4, -0.2) is 43.9 Å². The molecule has 5 nitrogen and oxygen atoms in total. The van der Waals surface area contributed by atoms with Gasteiger partial charge in [-0.2, -0.15) is 0 Å². The van der Waals surface area contributed by atoms with Gasteiger partial charge in [-0.15, -0.1) is 0 Å². The summed E-state index contributed by atoms with van der Waals surface area (Å²) in [5.74, 6) is -0.149. The van der Waals surface area contributed by atoms with Crippen molar-refractivity contribution < 1.29 is 14.3 Å². The van der Waals surface area contributed by atoms with Gasteiger partial charge >= 0.3 is 0 Å². The first-order valence-corrected chi connectivity index (χ1v) is 7.27. The highest BCUT2D eigenvalue weighted by molar-refractivity contribution is 5.91. The van der Waals surface area contributed by atoms with Crippen LogP contribution in [0.15, 0.2) is 24.3 Å². The average molecular weight is 292 g/mol. The summed E-state index contributed by atoms with van der Waals surface area (Å²) >= 11 is 0. The predicted octanol–water partition coefficient (Wildman–Crippen LogP) is 1.72. The number of nitrogens with one attached hydrogen (secondary N) is 2. The minimum Gasteiger partial charge on any atom is -0.369 e. The molecule has 1 amide bonds. The third-order valence-corrected chi connectivity index (χ3v) is 3.25. The third kappa shape index (κ3) is 5.46. The zero-order chi connectivity index (χ0) is 15.3. The Morgan fingerprint density at radius 3 is 3.05 bits per heavy atom. The average Bonchev–Trinajstić information content (AvgIpc) is 2.37. The van der Waals surface area contributed by atoms with Crippen molar-refractivity contribution in [2.45, 2.75) is 32.5 Å².